The third-order valence-corrected chi connectivity index (χ3v) is 1.90. The second-order valence-corrected chi connectivity index (χ2v) is 2.91. The first-order valence-electron chi connectivity index (χ1n) is 4.13. The molecule has 2 N–H and O–H groups in total. The van der Waals surface area contributed by atoms with Crippen molar-refractivity contribution in [3.63, 3.8) is 0 Å². The maximum atomic E-state index is 4.05. The number of nitrogens with one attached hydrogen (secondary N) is 2. The minimum atomic E-state index is 0.472. The predicted molar refractivity (Wildman–Crippen MR) is 50.2 cm³/mol. The zero-order valence-corrected chi connectivity index (χ0v) is 7.83. The van der Waals surface area contributed by atoms with Crippen molar-refractivity contribution in [3.8, 4) is 0 Å². The average molecular weight is 168 g/mol. The first kappa shape index (κ1) is 9.06. The number of hydrogen-bond donors (Lipinski definition) is 2. The van der Waals surface area contributed by atoms with Gasteiger partial charge in [-0.2, -0.15) is 5.10 Å². The van der Waals surface area contributed by atoms with Crippen LogP contribution in [0.5, 0.6) is 0 Å². The van der Waals surface area contributed by atoms with E-state index in [4.69, 9.17) is 0 Å². The number of aryl methyl sites for hydroxylation is 1. The second kappa shape index (κ2) is 4.11. The first-order valence-corrected chi connectivity index (χ1v) is 4.13. The summed E-state index contributed by atoms with van der Waals surface area (Å²) in [4.78, 5) is 0. The van der Waals surface area contributed by atoms with Crippen LogP contribution in [0, 0.1) is 0 Å². The predicted octanol–water partition coefficient (Wildman–Crippen LogP) is 0.440. The molecule has 0 spiro atoms. The summed E-state index contributed by atoms with van der Waals surface area (Å²) in [6, 6.07) is 2.43. The third-order valence-electron chi connectivity index (χ3n) is 1.90. The lowest BCUT2D eigenvalue weighted by Crippen LogP contribution is -2.29. The molecule has 1 atom stereocenters. The van der Waals surface area contributed by atoms with Gasteiger partial charge >= 0.3 is 0 Å². The summed E-state index contributed by atoms with van der Waals surface area (Å²) in [7, 11) is 3.88. The smallest absolute Gasteiger partial charge is 0.123 e. The lowest BCUT2D eigenvalue weighted by Gasteiger charge is -2.11. The molecule has 0 fully saturated rings. The van der Waals surface area contributed by atoms with Crippen LogP contribution in [-0.4, -0.2) is 29.4 Å². The summed E-state index contributed by atoms with van der Waals surface area (Å²) in [5.41, 5.74) is 0. The van der Waals surface area contributed by atoms with Crippen LogP contribution >= 0.6 is 0 Å². The highest BCUT2D eigenvalue weighted by Gasteiger charge is 1.99. The monoisotopic (exact) mass is 168 g/mol. The summed E-state index contributed by atoms with van der Waals surface area (Å²) in [6.07, 6.45) is 1.78. The summed E-state index contributed by atoms with van der Waals surface area (Å²) in [5, 5.41) is 10.5. The first-order chi connectivity index (χ1) is 5.74. The molecular weight excluding hydrogens is 152 g/mol. The molecule has 1 aromatic rings. The topological polar surface area (TPSA) is 41.9 Å². The zero-order valence-electron chi connectivity index (χ0n) is 7.83. The number of nitrogens with zero attached hydrogens (tertiary/aromatic N) is 2. The molecule has 0 aliphatic carbocycles. The number of rotatable bonds is 4. The van der Waals surface area contributed by atoms with Gasteiger partial charge in [-0.05, 0) is 14.0 Å². The van der Waals surface area contributed by atoms with Gasteiger partial charge in [0.2, 0.25) is 0 Å². The maximum Gasteiger partial charge on any atom is 0.123 e. The number of hydrogen-bond acceptors (Lipinski definition) is 3. The van der Waals surface area contributed by atoms with E-state index < -0.39 is 0 Å². The molecule has 68 valence electrons. The maximum absolute atomic E-state index is 4.05. The Hall–Kier alpha value is -1.03. The van der Waals surface area contributed by atoms with Gasteiger partial charge < -0.3 is 10.6 Å². The highest BCUT2D eigenvalue weighted by molar-refractivity contribution is 5.33. The van der Waals surface area contributed by atoms with Crippen molar-refractivity contribution in [2.24, 2.45) is 7.05 Å². The highest BCUT2D eigenvalue weighted by atomic mass is 15.3. The quantitative estimate of drug-likeness (QED) is 0.685. The van der Waals surface area contributed by atoms with Crippen LogP contribution in [0.3, 0.4) is 0 Å². The molecule has 1 unspecified atom stereocenters. The molecule has 0 radical (unpaired) electrons. The van der Waals surface area contributed by atoms with E-state index >= 15 is 0 Å². The van der Waals surface area contributed by atoms with Crippen molar-refractivity contribution >= 4 is 5.82 Å². The van der Waals surface area contributed by atoms with Gasteiger partial charge in [0.25, 0.3) is 0 Å². The molecule has 1 heterocycles. The molecule has 1 aromatic heterocycles. The number of anilines is 1. The van der Waals surface area contributed by atoms with Crippen LogP contribution in [0.4, 0.5) is 5.82 Å². The molecule has 4 nitrogen and oxygen atoms in total. The molecule has 0 aliphatic rings. The molecule has 0 saturated carbocycles. The summed E-state index contributed by atoms with van der Waals surface area (Å²) >= 11 is 0. The van der Waals surface area contributed by atoms with Gasteiger partial charge in [-0.3, -0.25) is 4.68 Å². The average Bonchev–Trinajstić information content (AvgIpc) is 2.47. The third kappa shape index (κ3) is 2.23. The Labute approximate surface area is 73.0 Å². The van der Waals surface area contributed by atoms with Crippen molar-refractivity contribution in [1.82, 2.24) is 15.1 Å². The summed E-state index contributed by atoms with van der Waals surface area (Å²) in [5.74, 6) is 1.05. The highest BCUT2D eigenvalue weighted by Crippen LogP contribution is 2.02. The lowest BCUT2D eigenvalue weighted by atomic mass is 10.3. The van der Waals surface area contributed by atoms with Crippen LogP contribution in [0.15, 0.2) is 12.3 Å². The van der Waals surface area contributed by atoms with Crippen molar-refractivity contribution in [3.05, 3.63) is 12.3 Å². The van der Waals surface area contributed by atoms with E-state index in [2.05, 4.69) is 22.7 Å². The minimum absolute atomic E-state index is 0.472. The van der Waals surface area contributed by atoms with Crippen LogP contribution in [0.1, 0.15) is 6.92 Å². The van der Waals surface area contributed by atoms with E-state index in [1.54, 1.807) is 6.20 Å². The van der Waals surface area contributed by atoms with Gasteiger partial charge in [0.05, 0.1) is 6.20 Å². The van der Waals surface area contributed by atoms with Crippen LogP contribution in [0.2, 0.25) is 0 Å². The molecule has 0 bridgehead atoms. The summed E-state index contributed by atoms with van der Waals surface area (Å²) < 4.78 is 1.82. The Bertz CT molecular complexity index is 231. The Morgan fingerprint density at radius 1 is 1.67 bits per heavy atom. The molecule has 4 heteroatoms. The molecule has 0 aliphatic heterocycles. The Morgan fingerprint density at radius 2 is 2.42 bits per heavy atom. The standard InChI is InChI=1S/C8H16N4/c1-7(9-2)6-10-8-4-5-11-12(8)3/h4-5,7,9-10H,6H2,1-3H3. The van der Waals surface area contributed by atoms with Gasteiger partial charge in [-0.1, -0.05) is 0 Å². The molecule has 0 saturated heterocycles. The van der Waals surface area contributed by atoms with Crippen molar-refractivity contribution in [2.45, 2.75) is 13.0 Å². The molecule has 0 amide bonds. The van der Waals surface area contributed by atoms with Crippen molar-refractivity contribution < 1.29 is 0 Å². The normalized spacial score (nSPS) is 12.9. The number of likely N-dealkylation sites (N-methyl/N-ethyl adjacent to an activating group) is 1. The summed E-state index contributed by atoms with van der Waals surface area (Å²) in [6.45, 7) is 3.04. The van der Waals surface area contributed by atoms with Gasteiger partial charge in [-0.25, -0.2) is 0 Å². The van der Waals surface area contributed by atoms with E-state index in [1.165, 1.54) is 0 Å². The van der Waals surface area contributed by atoms with Gasteiger partial charge in [-0.15, -0.1) is 0 Å². The van der Waals surface area contributed by atoms with Crippen LogP contribution in [-0.2, 0) is 7.05 Å². The van der Waals surface area contributed by atoms with Gasteiger partial charge in [0, 0.05) is 25.7 Å². The van der Waals surface area contributed by atoms with Crippen LogP contribution in [0.25, 0.3) is 0 Å². The molecule has 1 rings (SSSR count). The lowest BCUT2D eigenvalue weighted by molar-refractivity contribution is 0.632. The van der Waals surface area contributed by atoms with Gasteiger partial charge in [0.1, 0.15) is 5.82 Å². The van der Waals surface area contributed by atoms with E-state index in [0.29, 0.717) is 6.04 Å². The molecule has 12 heavy (non-hydrogen) atoms. The Kier molecular flexibility index (Phi) is 3.10. The molecular formula is C8H16N4. The minimum Gasteiger partial charge on any atom is -0.369 e. The second-order valence-electron chi connectivity index (χ2n) is 2.91. The van der Waals surface area contributed by atoms with Crippen molar-refractivity contribution in [1.29, 1.82) is 0 Å². The fourth-order valence-corrected chi connectivity index (χ4v) is 0.907. The van der Waals surface area contributed by atoms with Crippen molar-refractivity contribution in [2.75, 3.05) is 18.9 Å². The van der Waals surface area contributed by atoms with E-state index in [9.17, 15) is 0 Å². The van der Waals surface area contributed by atoms with Crippen LogP contribution < -0.4 is 10.6 Å². The molecule has 0 aromatic carbocycles. The van der Waals surface area contributed by atoms with E-state index in [0.717, 1.165) is 12.4 Å². The number of aromatic nitrogens is 2. The Morgan fingerprint density at radius 3 is 2.92 bits per heavy atom. The van der Waals surface area contributed by atoms with E-state index in [-0.39, 0.29) is 0 Å². The zero-order chi connectivity index (χ0) is 8.97. The van der Waals surface area contributed by atoms with Gasteiger partial charge in [0.15, 0.2) is 0 Å². The Balaban J connectivity index is 2.38. The fraction of sp³-hybridized carbons (Fsp3) is 0.625. The van der Waals surface area contributed by atoms with E-state index in [1.807, 2.05) is 24.8 Å². The SMILES string of the molecule is CNC(C)CNc1ccnn1C. The fourth-order valence-electron chi connectivity index (χ4n) is 0.907. The largest absolute Gasteiger partial charge is 0.369 e.